The molecule has 6 nitrogen and oxygen atoms in total. The Kier molecular flexibility index (Phi) is 10.6. The molecule has 2 N–H and O–H groups in total. The Balaban J connectivity index is 0.000000386. The molecular weight excluding hydrogens is 622 g/mol. The summed E-state index contributed by atoms with van der Waals surface area (Å²) in [5.74, 6) is -1.14. The number of hydrogen-bond acceptors (Lipinski definition) is 4. The zero-order valence-corrected chi connectivity index (χ0v) is 24.8. The van der Waals surface area contributed by atoms with Crippen LogP contribution in [-0.2, 0) is 22.5 Å². The molecular formula is C29H29ClF6N2O4S. The maximum absolute atomic E-state index is 13.2. The first-order chi connectivity index (χ1) is 19.8. The molecule has 2 atom stereocenters. The molecule has 4 rings (SSSR count). The fourth-order valence-corrected chi connectivity index (χ4v) is 5.30. The van der Waals surface area contributed by atoms with E-state index in [2.05, 4.69) is 5.32 Å². The molecule has 0 spiro atoms. The van der Waals surface area contributed by atoms with E-state index >= 15 is 0 Å². The summed E-state index contributed by atoms with van der Waals surface area (Å²) in [6.45, 7) is 4.71. The molecule has 1 aliphatic heterocycles. The molecule has 3 aromatic rings. The van der Waals surface area contributed by atoms with Crippen molar-refractivity contribution >= 4 is 27.6 Å². The third kappa shape index (κ3) is 8.94. The van der Waals surface area contributed by atoms with E-state index in [1.807, 2.05) is 26.0 Å². The van der Waals surface area contributed by atoms with Gasteiger partial charge in [-0.1, -0.05) is 41.4 Å². The van der Waals surface area contributed by atoms with Crippen molar-refractivity contribution in [3.63, 3.8) is 0 Å². The minimum absolute atomic E-state index is 0.0123. The third-order valence-electron chi connectivity index (χ3n) is 7.04. The van der Waals surface area contributed by atoms with E-state index in [9.17, 15) is 39.6 Å². The smallest absolute Gasteiger partial charge is 0.338 e. The summed E-state index contributed by atoms with van der Waals surface area (Å²) in [5.41, 5.74) is -1.04. The van der Waals surface area contributed by atoms with Crippen molar-refractivity contribution in [1.82, 2.24) is 10.2 Å². The Labute approximate surface area is 250 Å². The fourth-order valence-electron chi connectivity index (χ4n) is 4.63. The quantitative estimate of drug-likeness (QED) is 0.232. The van der Waals surface area contributed by atoms with Gasteiger partial charge in [0.1, 0.15) is 0 Å². The van der Waals surface area contributed by atoms with Gasteiger partial charge >= 0.3 is 12.4 Å². The molecule has 43 heavy (non-hydrogen) atoms. The van der Waals surface area contributed by atoms with Crippen molar-refractivity contribution in [2.24, 2.45) is 0 Å². The lowest BCUT2D eigenvalue weighted by Gasteiger charge is -2.39. The third-order valence-corrected chi connectivity index (χ3v) is 8.32. The van der Waals surface area contributed by atoms with E-state index in [1.54, 1.807) is 18.2 Å². The Morgan fingerprint density at radius 1 is 0.930 bits per heavy atom. The molecule has 0 saturated carbocycles. The highest BCUT2D eigenvalue weighted by Gasteiger charge is 2.39. The second-order valence-corrected chi connectivity index (χ2v) is 12.0. The van der Waals surface area contributed by atoms with Gasteiger partial charge in [0, 0.05) is 36.1 Å². The molecule has 3 aromatic carbocycles. The number of hydrogen-bond donors (Lipinski definition) is 2. The van der Waals surface area contributed by atoms with Gasteiger partial charge in [-0.15, -0.1) is 0 Å². The Morgan fingerprint density at radius 2 is 1.49 bits per heavy atom. The second kappa shape index (κ2) is 13.2. The van der Waals surface area contributed by atoms with Crippen molar-refractivity contribution in [1.29, 1.82) is 0 Å². The molecule has 1 aliphatic rings. The summed E-state index contributed by atoms with van der Waals surface area (Å²) in [6, 6.07) is 11.9. The summed E-state index contributed by atoms with van der Waals surface area (Å²) < 4.78 is 109. The average molecular weight is 651 g/mol. The predicted molar refractivity (Wildman–Crippen MR) is 150 cm³/mol. The summed E-state index contributed by atoms with van der Waals surface area (Å²) >= 11 is 6.23. The standard InChI is InChI=1S/C22H21ClF6N2O.C7H8O3S/c1-12-3-4-13(9-18(12)23)17-11-30-6-5-19(17)31(2)20(32)14-7-15(21(24,25)26)10-16(8-14)22(27,28)29;1-6-2-4-7(5-3-6)11(8,9)10/h3-4,7-10,17,19,30H,5-6,11H2,1-2H3;2-5H,1H3,(H,8,9,10)/t17-,19+;/m0./s1. The van der Waals surface area contributed by atoms with Crippen LogP contribution in [0.1, 0.15) is 50.5 Å². The van der Waals surface area contributed by atoms with E-state index in [-0.39, 0.29) is 16.9 Å². The van der Waals surface area contributed by atoms with E-state index < -0.39 is 51.1 Å². The van der Waals surface area contributed by atoms with Crippen LogP contribution in [0.3, 0.4) is 0 Å². The van der Waals surface area contributed by atoms with Crippen molar-refractivity contribution in [3.05, 3.63) is 99.1 Å². The summed E-state index contributed by atoms with van der Waals surface area (Å²) in [7, 11) is -2.62. The van der Waals surface area contributed by atoms with Gasteiger partial charge in [-0.2, -0.15) is 34.8 Å². The van der Waals surface area contributed by atoms with Gasteiger partial charge in [-0.3, -0.25) is 9.35 Å². The predicted octanol–water partition coefficient (Wildman–Crippen LogP) is 7.15. The molecule has 1 fully saturated rings. The highest BCUT2D eigenvalue weighted by Crippen LogP contribution is 2.37. The summed E-state index contributed by atoms with van der Waals surface area (Å²) in [6.07, 6.45) is -9.57. The van der Waals surface area contributed by atoms with Gasteiger partial charge in [-0.25, -0.2) is 0 Å². The topological polar surface area (TPSA) is 86.7 Å². The zero-order valence-electron chi connectivity index (χ0n) is 23.2. The number of benzene rings is 3. The molecule has 1 amide bonds. The maximum Gasteiger partial charge on any atom is 0.416 e. The molecule has 1 heterocycles. The van der Waals surface area contributed by atoms with E-state index in [0.717, 1.165) is 16.7 Å². The van der Waals surface area contributed by atoms with Crippen LogP contribution in [0.25, 0.3) is 0 Å². The highest BCUT2D eigenvalue weighted by atomic mass is 35.5. The van der Waals surface area contributed by atoms with Crippen LogP contribution in [-0.4, -0.2) is 50.0 Å². The number of carbonyl (C=O) groups is 1. The second-order valence-electron chi connectivity index (χ2n) is 10.2. The van der Waals surface area contributed by atoms with Crippen molar-refractivity contribution < 1.29 is 44.1 Å². The number of rotatable bonds is 4. The van der Waals surface area contributed by atoms with Crippen molar-refractivity contribution in [2.45, 2.75) is 49.5 Å². The average Bonchev–Trinajstić information content (AvgIpc) is 2.92. The van der Waals surface area contributed by atoms with E-state index in [1.165, 1.54) is 24.1 Å². The minimum atomic E-state index is -5.02. The monoisotopic (exact) mass is 650 g/mol. The normalized spacial score (nSPS) is 17.6. The first-order valence-electron chi connectivity index (χ1n) is 12.9. The molecule has 0 aromatic heterocycles. The highest BCUT2D eigenvalue weighted by molar-refractivity contribution is 7.85. The first-order valence-corrected chi connectivity index (χ1v) is 14.7. The number of alkyl halides is 6. The van der Waals surface area contributed by atoms with Gasteiger partial charge in [0.05, 0.1) is 16.0 Å². The minimum Gasteiger partial charge on any atom is -0.338 e. The number of carbonyl (C=O) groups excluding carboxylic acids is 1. The number of nitrogens with zero attached hydrogens (tertiary/aromatic N) is 1. The summed E-state index contributed by atoms with van der Waals surface area (Å²) in [5, 5.41) is 3.75. The van der Waals surface area contributed by atoms with Gasteiger partial charge in [0.2, 0.25) is 0 Å². The van der Waals surface area contributed by atoms with Crippen LogP contribution < -0.4 is 5.32 Å². The molecule has 234 valence electrons. The maximum atomic E-state index is 13.2. The Morgan fingerprint density at radius 3 is 1.98 bits per heavy atom. The number of aryl methyl sites for hydroxylation is 2. The number of nitrogens with one attached hydrogen (secondary N) is 1. The lowest BCUT2D eigenvalue weighted by molar-refractivity contribution is -0.143. The molecule has 14 heteroatoms. The number of amides is 1. The van der Waals surface area contributed by atoms with Crippen LogP contribution in [0.2, 0.25) is 5.02 Å². The Bertz CT molecular complexity index is 1530. The number of piperidine rings is 1. The molecule has 0 aliphatic carbocycles. The zero-order chi connectivity index (χ0) is 32.3. The van der Waals surface area contributed by atoms with E-state index in [0.29, 0.717) is 36.7 Å². The molecule has 0 bridgehead atoms. The lowest BCUT2D eigenvalue weighted by atomic mass is 9.85. The largest absolute Gasteiger partial charge is 0.416 e. The van der Waals surface area contributed by atoms with E-state index in [4.69, 9.17) is 16.2 Å². The van der Waals surface area contributed by atoms with Gasteiger partial charge in [0.15, 0.2) is 0 Å². The summed E-state index contributed by atoms with van der Waals surface area (Å²) in [4.78, 5) is 14.2. The fraction of sp³-hybridized carbons (Fsp3) is 0.345. The number of likely N-dealkylation sites (N-methyl/N-ethyl adjacent to an activating group) is 1. The first kappa shape index (κ1) is 34.4. The number of halogens is 7. The molecule has 0 radical (unpaired) electrons. The van der Waals surface area contributed by atoms with Gasteiger partial charge in [-0.05, 0) is 74.3 Å². The lowest BCUT2D eigenvalue weighted by Crippen LogP contribution is -2.49. The SMILES string of the molecule is Cc1ccc(S(=O)(=O)O)cc1.Cc1ccc([C@@H]2CNCC[C@H]2N(C)C(=O)c2cc(C(F)(F)F)cc(C(F)(F)F)c2)cc1Cl. The van der Waals surface area contributed by atoms with Crippen LogP contribution in [0.4, 0.5) is 26.3 Å². The Hall–Kier alpha value is -3.13. The van der Waals surface area contributed by atoms with Gasteiger partial charge < -0.3 is 10.2 Å². The molecule has 1 saturated heterocycles. The van der Waals surface area contributed by atoms with Crippen LogP contribution in [0.15, 0.2) is 65.6 Å². The molecule has 0 unspecified atom stereocenters. The van der Waals surface area contributed by atoms with Crippen molar-refractivity contribution in [2.75, 3.05) is 20.1 Å². The van der Waals surface area contributed by atoms with Crippen LogP contribution in [0, 0.1) is 13.8 Å². The van der Waals surface area contributed by atoms with Gasteiger partial charge in [0.25, 0.3) is 16.0 Å². The van der Waals surface area contributed by atoms with Crippen LogP contribution in [0.5, 0.6) is 0 Å². The van der Waals surface area contributed by atoms with Crippen LogP contribution >= 0.6 is 11.6 Å². The van der Waals surface area contributed by atoms with Crippen molar-refractivity contribution in [3.8, 4) is 0 Å².